The second-order valence-corrected chi connectivity index (χ2v) is 7.03. The number of aromatic nitrogens is 1. The molecule has 24 heavy (non-hydrogen) atoms. The van der Waals surface area contributed by atoms with Gasteiger partial charge in [0.25, 0.3) is 0 Å². The molecule has 1 aromatic rings. The predicted octanol–water partition coefficient (Wildman–Crippen LogP) is 1.47. The lowest BCUT2D eigenvalue weighted by Gasteiger charge is -2.35. The highest BCUT2D eigenvalue weighted by molar-refractivity contribution is 5.75. The minimum absolute atomic E-state index is 0.0590. The van der Waals surface area contributed by atoms with E-state index < -0.39 is 0 Å². The molecule has 0 saturated carbocycles. The summed E-state index contributed by atoms with van der Waals surface area (Å²) in [6.07, 6.45) is 4.40. The molecule has 1 amide bonds. The van der Waals surface area contributed by atoms with Crippen molar-refractivity contribution in [1.82, 2.24) is 14.9 Å². The summed E-state index contributed by atoms with van der Waals surface area (Å²) in [5.74, 6) is 1.10. The van der Waals surface area contributed by atoms with Crippen LogP contribution in [0.4, 0.5) is 0 Å². The normalized spacial score (nSPS) is 30.5. The zero-order valence-electron chi connectivity index (χ0n) is 14.0. The van der Waals surface area contributed by atoms with Gasteiger partial charge in [0.2, 0.25) is 5.91 Å². The molecule has 3 saturated heterocycles. The van der Waals surface area contributed by atoms with Crippen molar-refractivity contribution in [3.05, 3.63) is 30.1 Å². The van der Waals surface area contributed by atoms with Crippen LogP contribution in [0.25, 0.3) is 0 Å². The fraction of sp³-hybridized carbons (Fsp3) is 0.667. The van der Waals surface area contributed by atoms with Crippen LogP contribution in [0.5, 0.6) is 0 Å². The third-order valence-corrected chi connectivity index (χ3v) is 5.40. The highest BCUT2D eigenvalue weighted by atomic mass is 16.7. The Morgan fingerprint density at radius 2 is 2.29 bits per heavy atom. The van der Waals surface area contributed by atoms with E-state index in [1.165, 1.54) is 5.06 Å². The topological polar surface area (TPSA) is 54.9 Å². The van der Waals surface area contributed by atoms with E-state index >= 15 is 0 Å². The Balaban J connectivity index is 1.30. The molecule has 0 aliphatic carbocycles. The van der Waals surface area contributed by atoms with Gasteiger partial charge in [-0.05, 0) is 37.4 Å². The lowest BCUT2D eigenvalue weighted by molar-refractivity contribution is -0.171. The Hall–Kier alpha value is -1.50. The highest BCUT2D eigenvalue weighted by Crippen LogP contribution is 2.36. The van der Waals surface area contributed by atoms with E-state index in [0.717, 1.165) is 51.3 Å². The average Bonchev–Trinajstić information content (AvgIpc) is 3.26. The number of ether oxygens (including phenoxy) is 1. The summed E-state index contributed by atoms with van der Waals surface area (Å²) in [5.41, 5.74) is 1.12. The maximum Gasteiger partial charge on any atom is 0.248 e. The van der Waals surface area contributed by atoms with Crippen molar-refractivity contribution >= 4 is 5.91 Å². The van der Waals surface area contributed by atoms with Crippen LogP contribution in [0.15, 0.2) is 24.4 Å². The van der Waals surface area contributed by atoms with E-state index in [4.69, 9.17) is 9.57 Å². The van der Waals surface area contributed by atoms with Crippen molar-refractivity contribution in [2.75, 3.05) is 32.8 Å². The van der Waals surface area contributed by atoms with Crippen LogP contribution in [0.2, 0.25) is 0 Å². The Kier molecular flexibility index (Phi) is 4.78. The minimum atomic E-state index is 0.0590. The van der Waals surface area contributed by atoms with E-state index in [0.29, 0.717) is 24.9 Å². The van der Waals surface area contributed by atoms with Crippen LogP contribution in [0.3, 0.4) is 0 Å². The fourth-order valence-corrected chi connectivity index (χ4v) is 4.15. The van der Waals surface area contributed by atoms with Gasteiger partial charge in [0.05, 0.1) is 38.0 Å². The lowest BCUT2D eigenvalue weighted by atomic mass is 9.83. The van der Waals surface area contributed by atoms with Crippen molar-refractivity contribution in [1.29, 1.82) is 0 Å². The number of pyridine rings is 1. The Bertz CT molecular complexity index is 562. The maximum absolute atomic E-state index is 12.3. The van der Waals surface area contributed by atoms with E-state index in [1.807, 2.05) is 18.3 Å². The molecule has 130 valence electrons. The van der Waals surface area contributed by atoms with Gasteiger partial charge in [-0.25, -0.2) is 5.06 Å². The van der Waals surface area contributed by atoms with Crippen molar-refractivity contribution in [2.24, 2.45) is 11.8 Å². The van der Waals surface area contributed by atoms with Crippen LogP contribution < -0.4 is 0 Å². The van der Waals surface area contributed by atoms with Crippen LogP contribution in [-0.2, 0) is 20.9 Å². The number of rotatable bonds is 4. The number of hydroxylamine groups is 2. The molecule has 0 bridgehead atoms. The van der Waals surface area contributed by atoms with Gasteiger partial charge in [0.15, 0.2) is 0 Å². The van der Waals surface area contributed by atoms with Crippen LogP contribution in [0.1, 0.15) is 25.0 Å². The molecule has 0 unspecified atom stereocenters. The summed E-state index contributed by atoms with van der Waals surface area (Å²) in [4.78, 5) is 24.5. The molecule has 3 fully saturated rings. The SMILES string of the molecule is O=C(C[C@H]1OC[C@H]2CN(Cc3ccccn3)CC[C@H]21)N1CCCO1. The Labute approximate surface area is 142 Å². The largest absolute Gasteiger partial charge is 0.377 e. The molecule has 3 aliphatic rings. The summed E-state index contributed by atoms with van der Waals surface area (Å²) in [5, 5.41) is 1.52. The van der Waals surface area contributed by atoms with Gasteiger partial charge in [-0.1, -0.05) is 6.07 Å². The number of piperidine rings is 1. The standard InChI is InChI=1S/C18H25N3O3/c22-18(21-7-3-9-24-21)10-17-16-5-8-20(11-14(16)13-23-17)12-15-4-1-2-6-19-15/h1-2,4,6,14,16-17H,3,5,7-13H2/t14-,16-,17-/m1/s1. The maximum atomic E-state index is 12.3. The third kappa shape index (κ3) is 3.45. The predicted molar refractivity (Wildman–Crippen MR) is 87.8 cm³/mol. The first-order valence-corrected chi connectivity index (χ1v) is 8.97. The highest BCUT2D eigenvalue weighted by Gasteiger charge is 2.42. The number of hydrogen-bond acceptors (Lipinski definition) is 5. The third-order valence-electron chi connectivity index (χ3n) is 5.40. The second-order valence-electron chi connectivity index (χ2n) is 7.03. The summed E-state index contributed by atoms with van der Waals surface area (Å²) in [6, 6.07) is 6.07. The molecular formula is C18H25N3O3. The van der Waals surface area contributed by atoms with E-state index in [-0.39, 0.29) is 12.0 Å². The van der Waals surface area contributed by atoms with Crippen molar-refractivity contribution in [2.45, 2.75) is 31.9 Å². The summed E-state index contributed by atoms with van der Waals surface area (Å²) in [7, 11) is 0. The van der Waals surface area contributed by atoms with Crippen LogP contribution >= 0.6 is 0 Å². The summed E-state index contributed by atoms with van der Waals surface area (Å²) >= 11 is 0. The molecule has 0 aromatic carbocycles. The molecule has 3 atom stereocenters. The number of carbonyl (C=O) groups is 1. The molecule has 0 radical (unpaired) electrons. The van der Waals surface area contributed by atoms with Crippen LogP contribution in [-0.4, -0.2) is 59.8 Å². The van der Waals surface area contributed by atoms with Crippen molar-refractivity contribution < 1.29 is 14.4 Å². The smallest absolute Gasteiger partial charge is 0.248 e. The van der Waals surface area contributed by atoms with Crippen molar-refractivity contribution in [3.63, 3.8) is 0 Å². The second kappa shape index (κ2) is 7.17. The number of hydrogen-bond donors (Lipinski definition) is 0. The lowest BCUT2D eigenvalue weighted by Crippen LogP contribution is -2.42. The molecule has 3 aliphatic heterocycles. The molecule has 0 spiro atoms. The molecule has 0 N–H and O–H groups in total. The average molecular weight is 331 g/mol. The van der Waals surface area contributed by atoms with E-state index in [2.05, 4.69) is 16.0 Å². The minimum Gasteiger partial charge on any atom is -0.377 e. The van der Waals surface area contributed by atoms with Crippen molar-refractivity contribution in [3.8, 4) is 0 Å². The Morgan fingerprint density at radius 1 is 1.33 bits per heavy atom. The number of carbonyl (C=O) groups excluding carboxylic acids is 1. The quantitative estimate of drug-likeness (QED) is 0.836. The molecule has 4 heterocycles. The molecule has 1 aromatic heterocycles. The zero-order valence-corrected chi connectivity index (χ0v) is 14.0. The first-order valence-electron chi connectivity index (χ1n) is 8.97. The molecule has 6 nitrogen and oxygen atoms in total. The monoisotopic (exact) mass is 331 g/mol. The van der Waals surface area contributed by atoms with E-state index in [9.17, 15) is 4.79 Å². The number of amides is 1. The number of nitrogens with zero attached hydrogens (tertiary/aromatic N) is 3. The van der Waals surface area contributed by atoms with Gasteiger partial charge >= 0.3 is 0 Å². The van der Waals surface area contributed by atoms with Gasteiger partial charge in [-0.15, -0.1) is 0 Å². The van der Waals surface area contributed by atoms with Gasteiger partial charge in [0, 0.05) is 25.2 Å². The van der Waals surface area contributed by atoms with Gasteiger partial charge in [-0.2, -0.15) is 0 Å². The van der Waals surface area contributed by atoms with Gasteiger partial charge < -0.3 is 4.74 Å². The molecule has 6 heteroatoms. The van der Waals surface area contributed by atoms with E-state index in [1.54, 1.807) is 0 Å². The summed E-state index contributed by atoms with van der Waals surface area (Å²) in [6.45, 7) is 5.12. The zero-order chi connectivity index (χ0) is 16.4. The van der Waals surface area contributed by atoms with Crippen LogP contribution in [0, 0.1) is 11.8 Å². The van der Waals surface area contributed by atoms with Gasteiger partial charge in [-0.3, -0.25) is 19.5 Å². The molecular weight excluding hydrogens is 306 g/mol. The first-order chi connectivity index (χ1) is 11.8. The molecule has 4 rings (SSSR count). The first kappa shape index (κ1) is 16.0. The number of fused-ring (bicyclic) bond motifs is 1. The number of likely N-dealkylation sites (tertiary alicyclic amines) is 1. The fourth-order valence-electron chi connectivity index (χ4n) is 4.15. The van der Waals surface area contributed by atoms with Gasteiger partial charge in [0.1, 0.15) is 0 Å². The summed E-state index contributed by atoms with van der Waals surface area (Å²) < 4.78 is 5.98. The Morgan fingerprint density at radius 3 is 3.08 bits per heavy atom.